The average molecular weight is 280 g/mol. The van der Waals surface area contributed by atoms with Gasteiger partial charge in [-0.3, -0.25) is 14.2 Å². The third-order valence-electron chi connectivity index (χ3n) is 1.88. The van der Waals surface area contributed by atoms with Crippen LogP contribution in [0.15, 0.2) is 11.1 Å². The number of nitrogens with one attached hydrogen (secondary N) is 1. The minimum Gasteiger partial charge on any atom is -0.383 e. The molecule has 0 bridgehead atoms. The van der Waals surface area contributed by atoms with E-state index < -0.39 is 5.56 Å². The van der Waals surface area contributed by atoms with Crippen LogP contribution in [-0.2, 0) is 16.1 Å². The molecule has 1 N–H and O–H groups in total. The topological polar surface area (TPSA) is 73.2 Å². The van der Waals surface area contributed by atoms with Gasteiger partial charge in [-0.15, -0.1) is 0 Å². The molecule has 0 unspecified atom stereocenters. The Balaban J connectivity index is 2.66. The van der Waals surface area contributed by atoms with Crippen molar-refractivity contribution in [3.8, 4) is 0 Å². The Labute approximate surface area is 107 Å². The number of amides is 1. The third kappa shape index (κ3) is 3.99. The Bertz CT molecular complexity index is 461. The van der Waals surface area contributed by atoms with Gasteiger partial charge in [-0.2, -0.15) is 0 Å². The maximum atomic E-state index is 11.6. The molecule has 0 saturated heterocycles. The lowest BCUT2D eigenvalue weighted by Crippen LogP contribution is -2.34. The van der Waals surface area contributed by atoms with E-state index in [4.69, 9.17) is 27.9 Å². The molecule has 0 spiro atoms. The van der Waals surface area contributed by atoms with E-state index in [2.05, 4.69) is 10.3 Å². The molecule has 1 aromatic rings. The summed E-state index contributed by atoms with van der Waals surface area (Å²) in [7, 11) is 1.53. The van der Waals surface area contributed by atoms with Gasteiger partial charge >= 0.3 is 0 Å². The number of ether oxygens (including phenoxy) is 1. The van der Waals surface area contributed by atoms with Gasteiger partial charge in [0.05, 0.1) is 12.9 Å². The molecule has 8 heteroatoms. The van der Waals surface area contributed by atoms with Crippen molar-refractivity contribution in [3.05, 3.63) is 26.9 Å². The van der Waals surface area contributed by atoms with Crippen molar-refractivity contribution < 1.29 is 9.53 Å². The van der Waals surface area contributed by atoms with Gasteiger partial charge < -0.3 is 10.1 Å². The maximum Gasteiger partial charge on any atom is 0.274 e. The molecule has 0 atom stereocenters. The highest BCUT2D eigenvalue weighted by Crippen LogP contribution is 2.12. The van der Waals surface area contributed by atoms with Crippen molar-refractivity contribution in [3.63, 3.8) is 0 Å². The van der Waals surface area contributed by atoms with E-state index in [0.29, 0.717) is 13.2 Å². The molecule has 1 amide bonds. The Morgan fingerprint density at radius 3 is 2.94 bits per heavy atom. The summed E-state index contributed by atoms with van der Waals surface area (Å²) in [5.74, 6) is -0.329. The number of rotatable bonds is 5. The molecule has 6 nitrogen and oxygen atoms in total. The van der Waals surface area contributed by atoms with Crippen molar-refractivity contribution in [1.82, 2.24) is 14.9 Å². The first-order valence-electron chi connectivity index (χ1n) is 4.72. The van der Waals surface area contributed by atoms with E-state index in [0.717, 1.165) is 4.57 Å². The zero-order chi connectivity index (χ0) is 12.8. The second kappa shape index (κ2) is 6.58. The number of halogens is 2. The molecule has 1 rings (SSSR count). The van der Waals surface area contributed by atoms with Gasteiger partial charge in [0.2, 0.25) is 5.91 Å². The summed E-state index contributed by atoms with van der Waals surface area (Å²) in [6.07, 6.45) is 1.17. The summed E-state index contributed by atoms with van der Waals surface area (Å²) in [6, 6.07) is 0. The summed E-state index contributed by atoms with van der Waals surface area (Å²) < 4.78 is 5.85. The summed E-state index contributed by atoms with van der Waals surface area (Å²) in [6.45, 7) is 0.617. The van der Waals surface area contributed by atoms with E-state index in [1.807, 2.05) is 0 Å². The van der Waals surface area contributed by atoms with E-state index in [1.165, 1.54) is 13.4 Å². The zero-order valence-corrected chi connectivity index (χ0v) is 10.6. The van der Waals surface area contributed by atoms with Crippen molar-refractivity contribution >= 4 is 29.1 Å². The van der Waals surface area contributed by atoms with Gasteiger partial charge in [-0.1, -0.05) is 23.2 Å². The lowest BCUT2D eigenvalue weighted by molar-refractivity contribution is -0.121. The van der Waals surface area contributed by atoms with Crippen molar-refractivity contribution in [2.24, 2.45) is 0 Å². The number of nitrogens with zero attached hydrogens (tertiary/aromatic N) is 2. The number of hydrogen-bond donors (Lipinski definition) is 1. The summed E-state index contributed by atoms with van der Waals surface area (Å²) in [5.41, 5.74) is -0.548. The van der Waals surface area contributed by atoms with Gasteiger partial charge in [-0.25, -0.2) is 4.98 Å². The normalized spacial score (nSPS) is 10.3. The number of methoxy groups -OCH3 is 1. The first-order valence-corrected chi connectivity index (χ1v) is 5.48. The molecular formula is C9H11Cl2N3O3. The monoisotopic (exact) mass is 279 g/mol. The third-order valence-corrected chi connectivity index (χ3v) is 2.61. The molecule has 94 valence electrons. The molecule has 1 heterocycles. The van der Waals surface area contributed by atoms with Crippen LogP contribution >= 0.6 is 23.2 Å². The van der Waals surface area contributed by atoms with Crippen LogP contribution in [0.1, 0.15) is 0 Å². The van der Waals surface area contributed by atoms with Gasteiger partial charge in [0.25, 0.3) is 5.56 Å². The largest absolute Gasteiger partial charge is 0.383 e. The number of hydrogen-bond acceptors (Lipinski definition) is 4. The second-order valence-corrected chi connectivity index (χ2v) is 3.86. The molecule has 0 aliphatic rings. The van der Waals surface area contributed by atoms with Crippen LogP contribution in [-0.4, -0.2) is 35.7 Å². The molecule has 0 aliphatic carbocycles. The lowest BCUT2D eigenvalue weighted by atomic mass is 10.5. The summed E-state index contributed by atoms with van der Waals surface area (Å²) in [4.78, 5) is 26.6. The summed E-state index contributed by atoms with van der Waals surface area (Å²) in [5, 5.41) is 2.29. The highest BCUT2D eigenvalue weighted by atomic mass is 35.5. The molecule has 0 aliphatic heterocycles. The first kappa shape index (κ1) is 14.0. The SMILES string of the molecule is COCCNC(=O)Cn1cnc(Cl)c(Cl)c1=O. The van der Waals surface area contributed by atoms with Crippen molar-refractivity contribution in [2.75, 3.05) is 20.3 Å². The highest BCUT2D eigenvalue weighted by Gasteiger charge is 2.09. The van der Waals surface area contributed by atoms with Gasteiger partial charge in [-0.05, 0) is 0 Å². The fourth-order valence-corrected chi connectivity index (χ4v) is 1.34. The average Bonchev–Trinajstić information content (AvgIpc) is 2.30. The minimum atomic E-state index is -0.548. The van der Waals surface area contributed by atoms with Crippen LogP contribution in [0, 0.1) is 0 Å². The molecule has 0 saturated carbocycles. The van der Waals surface area contributed by atoms with E-state index in [9.17, 15) is 9.59 Å². The minimum absolute atomic E-state index is 0.0762. The van der Waals surface area contributed by atoms with E-state index in [1.54, 1.807) is 0 Å². The molecule has 0 aromatic carbocycles. The van der Waals surface area contributed by atoms with Crippen molar-refractivity contribution in [1.29, 1.82) is 0 Å². The smallest absolute Gasteiger partial charge is 0.274 e. The number of carbonyl (C=O) groups is 1. The van der Waals surface area contributed by atoms with Crippen LogP contribution in [0.4, 0.5) is 0 Å². The predicted octanol–water partition coefficient (Wildman–Crippen LogP) is 0.313. The Kier molecular flexibility index (Phi) is 5.40. The van der Waals surface area contributed by atoms with E-state index in [-0.39, 0.29) is 22.6 Å². The lowest BCUT2D eigenvalue weighted by Gasteiger charge is -2.07. The maximum absolute atomic E-state index is 11.6. The molecule has 17 heavy (non-hydrogen) atoms. The molecule has 0 radical (unpaired) electrons. The first-order chi connectivity index (χ1) is 8.06. The molecular weight excluding hydrogens is 269 g/mol. The number of aromatic nitrogens is 2. The number of carbonyl (C=O) groups excluding carboxylic acids is 1. The standard InChI is InChI=1S/C9H11Cl2N3O3/c1-17-3-2-12-6(15)4-14-5-13-8(11)7(10)9(14)16/h5H,2-4H2,1H3,(H,12,15). The second-order valence-electron chi connectivity index (χ2n) is 3.13. The van der Waals surface area contributed by atoms with Crippen LogP contribution in [0.3, 0.4) is 0 Å². The van der Waals surface area contributed by atoms with Crippen molar-refractivity contribution in [2.45, 2.75) is 6.54 Å². The van der Waals surface area contributed by atoms with Gasteiger partial charge in [0, 0.05) is 13.7 Å². The van der Waals surface area contributed by atoms with Crippen LogP contribution < -0.4 is 10.9 Å². The zero-order valence-electron chi connectivity index (χ0n) is 9.07. The molecule has 0 fully saturated rings. The van der Waals surface area contributed by atoms with Gasteiger partial charge in [0.15, 0.2) is 5.15 Å². The Morgan fingerprint density at radius 1 is 1.59 bits per heavy atom. The Hall–Kier alpha value is -1.11. The Morgan fingerprint density at radius 2 is 2.29 bits per heavy atom. The van der Waals surface area contributed by atoms with Crippen LogP contribution in [0.5, 0.6) is 0 Å². The fourth-order valence-electron chi connectivity index (χ4n) is 1.06. The quantitative estimate of drug-likeness (QED) is 0.622. The van der Waals surface area contributed by atoms with E-state index >= 15 is 0 Å². The summed E-state index contributed by atoms with van der Waals surface area (Å²) >= 11 is 11.2. The predicted molar refractivity (Wildman–Crippen MR) is 63.4 cm³/mol. The molecule has 1 aromatic heterocycles. The van der Waals surface area contributed by atoms with Crippen LogP contribution in [0.2, 0.25) is 10.2 Å². The highest BCUT2D eigenvalue weighted by molar-refractivity contribution is 6.40. The van der Waals surface area contributed by atoms with Gasteiger partial charge in [0.1, 0.15) is 11.6 Å². The fraction of sp³-hybridized carbons (Fsp3) is 0.444. The van der Waals surface area contributed by atoms with Crippen LogP contribution in [0.25, 0.3) is 0 Å².